The van der Waals surface area contributed by atoms with Gasteiger partial charge in [0, 0.05) is 26.2 Å². The van der Waals surface area contributed by atoms with Crippen LogP contribution >= 0.6 is 0 Å². The molecule has 1 heterocycles. The molecule has 0 amide bonds. The first-order chi connectivity index (χ1) is 8.96. The highest BCUT2D eigenvalue weighted by atomic mass is 32.2. The molecule has 104 valence electrons. The van der Waals surface area contributed by atoms with E-state index in [1.54, 1.807) is 0 Å². The number of sulfonamides is 1. The van der Waals surface area contributed by atoms with Crippen molar-refractivity contribution in [1.82, 2.24) is 4.31 Å². The van der Waals surface area contributed by atoms with Crippen molar-refractivity contribution in [2.24, 2.45) is 0 Å². The Kier molecular flexibility index (Phi) is 3.72. The summed E-state index contributed by atoms with van der Waals surface area (Å²) in [5.74, 6) is 0. The van der Waals surface area contributed by atoms with Gasteiger partial charge in [-0.25, -0.2) is 8.42 Å². The minimum absolute atomic E-state index is 0.0874. The molecule has 0 bridgehead atoms. The van der Waals surface area contributed by atoms with E-state index in [2.05, 4.69) is 5.32 Å². The van der Waals surface area contributed by atoms with Gasteiger partial charge in [0.1, 0.15) is 5.69 Å². The SMILES string of the molecule is CNc1cc(S(=O)(=O)N2CCCC2)ccc1[N+](=O)[O-]. The number of benzene rings is 1. The topological polar surface area (TPSA) is 92.6 Å². The Morgan fingerprint density at radius 2 is 1.95 bits per heavy atom. The van der Waals surface area contributed by atoms with E-state index in [1.165, 1.54) is 29.6 Å². The standard InChI is InChI=1S/C11H15N3O4S/c1-12-10-8-9(4-5-11(10)14(15)16)19(17,18)13-6-2-3-7-13/h4-5,8,12H,2-3,6-7H2,1H3. The average molecular weight is 285 g/mol. The maximum Gasteiger partial charge on any atom is 0.292 e. The average Bonchev–Trinajstić information content (AvgIpc) is 2.92. The summed E-state index contributed by atoms with van der Waals surface area (Å²) in [5, 5.41) is 13.5. The first-order valence-electron chi connectivity index (χ1n) is 5.93. The monoisotopic (exact) mass is 285 g/mol. The molecule has 0 saturated carbocycles. The third-order valence-corrected chi connectivity index (χ3v) is 5.03. The fourth-order valence-corrected chi connectivity index (χ4v) is 3.66. The van der Waals surface area contributed by atoms with E-state index in [-0.39, 0.29) is 16.3 Å². The van der Waals surface area contributed by atoms with Crippen molar-refractivity contribution in [2.75, 3.05) is 25.5 Å². The largest absolute Gasteiger partial charge is 0.383 e. The minimum Gasteiger partial charge on any atom is -0.383 e. The summed E-state index contributed by atoms with van der Waals surface area (Å²) in [6.45, 7) is 1.02. The van der Waals surface area contributed by atoms with Gasteiger partial charge in [0.15, 0.2) is 0 Å². The van der Waals surface area contributed by atoms with E-state index in [9.17, 15) is 18.5 Å². The Morgan fingerprint density at radius 3 is 2.47 bits per heavy atom. The molecule has 1 N–H and O–H groups in total. The van der Waals surface area contributed by atoms with Crippen molar-refractivity contribution in [3.63, 3.8) is 0 Å². The molecule has 7 nitrogen and oxygen atoms in total. The maximum atomic E-state index is 12.3. The Balaban J connectivity index is 2.43. The molecule has 0 aromatic heterocycles. The summed E-state index contributed by atoms with van der Waals surface area (Å²) in [6.07, 6.45) is 1.70. The van der Waals surface area contributed by atoms with Gasteiger partial charge >= 0.3 is 0 Å². The summed E-state index contributed by atoms with van der Waals surface area (Å²) in [5.41, 5.74) is 0.0631. The molecule has 0 unspecified atom stereocenters. The molecule has 0 radical (unpaired) electrons. The fraction of sp³-hybridized carbons (Fsp3) is 0.455. The van der Waals surface area contributed by atoms with Crippen LogP contribution in [0.4, 0.5) is 11.4 Å². The van der Waals surface area contributed by atoms with Crippen LogP contribution < -0.4 is 5.32 Å². The van der Waals surface area contributed by atoms with Crippen molar-refractivity contribution in [3.8, 4) is 0 Å². The highest BCUT2D eigenvalue weighted by molar-refractivity contribution is 7.89. The van der Waals surface area contributed by atoms with Crippen LogP contribution in [-0.2, 0) is 10.0 Å². The van der Waals surface area contributed by atoms with E-state index in [0.29, 0.717) is 13.1 Å². The molecule has 1 aliphatic rings. The second-order valence-electron chi connectivity index (χ2n) is 4.30. The van der Waals surface area contributed by atoms with Gasteiger partial charge in [0.2, 0.25) is 10.0 Å². The lowest BCUT2D eigenvalue weighted by atomic mass is 10.3. The van der Waals surface area contributed by atoms with Gasteiger partial charge in [-0.2, -0.15) is 4.31 Å². The van der Waals surface area contributed by atoms with Crippen LogP contribution in [-0.4, -0.2) is 37.8 Å². The zero-order valence-electron chi connectivity index (χ0n) is 10.5. The molecule has 2 rings (SSSR count). The molecule has 1 aromatic carbocycles. The zero-order valence-corrected chi connectivity index (χ0v) is 11.3. The maximum absolute atomic E-state index is 12.3. The molecule has 0 spiro atoms. The zero-order chi connectivity index (χ0) is 14.0. The number of hydrogen-bond donors (Lipinski definition) is 1. The molecule has 1 saturated heterocycles. The number of nitrogens with one attached hydrogen (secondary N) is 1. The Hall–Kier alpha value is -1.67. The molecule has 1 aromatic rings. The lowest BCUT2D eigenvalue weighted by Crippen LogP contribution is -2.27. The number of nitrogens with zero attached hydrogens (tertiary/aromatic N) is 2. The van der Waals surface area contributed by atoms with Crippen LogP contribution in [0.1, 0.15) is 12.8 Å². The molecule has 1 aliphatic heterocycles. The number of rotatable bonds is 4. The smallest absolute Gasteiger partial charge is 0.292 e. The van der Waals surface area contributed by atoms with Gasteiger partial charge in [-0.05, 0) is 25.0 Å². The summed E-state index contributed by atoms with van der Waals surface area (Å²) >= 11 is 0. The normalized spacial score (nSPS) is 16.5. The van der Waals surface area contributed by atoms with Crippen LogP contribution in [0, 0.1) is 10.1 Å². The summed E-state index contributed by atoms with van der Waals surface area (Å²) in [4.78, 5) is 10.3. The van der Waals surface area contributed by atoms with Crippen molar-refractivity contribution < 1.29 is 13.3 Å². The molecule has 1 fully saturated rings. The van der Waals surface area contributed by atoms with Crippen LogP contribution in [0.5, 0.6) is 0 Å². The highest BCUT2D eigenvalue weighted by Gasteiger charge is 2.28. The van der Waals surface area contributed by atoms with Crippen LogP contribution in [0.2, 0.25) is 0 Å². The van der Waals surface area contributed by atoms with Crippen LogP contribution in [0.15, 0.2) is 23.1 Å². The van der Waals surface area contributed by atoms with E-state index >= 15 is 0 Å². The Labute approximate surface area is 111 Å². The highest BCUT2D eigenvalue weighted by Crippen LogP contribution is 2.29. The van der Waals surface area contributed by atoms with Crippen molar-refractivity contribution in [3.05, 3.63) is 28.3 Å². The summed E-state index contributed by atoms with van der Waals surface area (Å²) < 4.78 is 26.0. The van der Waals surface area contributed by atoms with Gasteiger partial charge in [-0.15, -0.1) is 0 Å². The van der Waals surface area contributed by atoms with Gasteiger partial charge in [0.05, 0.1) is 9.82 Å². The fourth-order valence-electron chi connectivity index (χ4n) is 2.11. The quantitative estimate of drug-likeness (QED) is 0.667. The first-order valence-corrected chi connectivity index (χ1v) is 7.37. The van der Waals surface area contributed by atoms with Gasteiger partial charge < -0.3 is 5.32 Å². The molecule has 0 atom stereocenters. The third kappa shape index (κ3) is 2.54. The molecule has 0 aliphatic carbocycles. The second-order valence-corrected chi connectivity index (χ2v) is 6.24. The number of anilines is 1. The first kappa shape index (κ1) is 13.8. The van der Waals surface area contributed by atoms with Crippen molar-refractivity contribution in [1.29, 1.82) is 0 Å². The van der Waals surface area contributed by atoms with Gasteiger partial charge in [-0.1, -0.05) is 0 Å². The Bertz CT molecular complexity index is 594. The predicted octanol–water partition coefficient (Wildman–Crippen LogP) is 1.42. The number of nitro benzene ring substituents is 1. The van der Waals surface area contributed by atoms with E-state index in [0.717, 1.165) is 12.8 Å². The van der Waals surface area contributed by atoms with Crippen LogP contribution in [0.25, 0.3) is 0 Å². The lowest BCUT2D eigenvalue weighted by molar-refractivity contribution is -0.384. The number of hydrogen-bond acceptors (Lipinski definition) is 5. The lowest BCUT2D eigenvalue weighted by Gasteiger charge is -2.16. The summed E-state index contributed by atoms with van der Waals surface area (Å²) in [6, 6.07) is 3.81. The second kappa shape index (κ2) is 5.14. The predicted molar refractivity (Wildman–Crippen MR) is 70.6 cm³/mol. The molecule has 19 heavy (non-hydrogen) atoms. The van der Waals surface area contributed by atoms with E-state index < -0.39 is 14.9 Å². The molecular formula is C11H15N3O4S. The summed E-state index contributed by atoms with van der Waals surface area (Å²) in [7, 11) is -2.02. The number of nitro groups is 1. The Morgan fingerprint density at radius 1 is 1.32 bits per heavy atom. The van der Waals surface area contributed by atoms with Crippen molar-refractivity contribution >= 4 is 21.4 Å². The van der Waals surface area contributed by atoms with Crippen molar-refractivity contribution in [2.45, 2.75) is 17.7 Å². The molecular weight excluding hydrogens is 270 g/mol. The van der Waals surface area contributed by atoms with E-state index in [4.69, 9.17) is 0 Å². The van der Waals surface area contributed by atoms with Gasteiger partial charge in [0.25, 0.3) is 5.69 Å². The molecule has 8 heteroatoms. The van der Waals surface area contributed by atoms with E-state index in [1.807, 2.05) is 0 Å². The third-order valence-electron chi connectivity index (χ3n) is 3.14. The minimum atomic E-state index is -3.54. The van der Waals surface area contributed by atoms with Crippen LogP contribution in [0.3, 0.4) is 0 Å². The van der Waals surface area contributed by atoms with Gasteiger partial charge in [-0.3, -0.25) is 10.1 Å².